The molecule has 1 aromatic heterocycles. The van der Waals surface area contributed by atoms with Gasteiger partial charge in [-0.25, -0.2) is 0 Å². The molecular formula is C16H27NS. The standard InChI is InChI=1S/C16H27NS/c1-3-13-5-6-15(11-17-4-2)16(9-13)10-14-7-8-18-12-14/h7-8,12-13,15-17H,3-6,9-11H2,1-2H3. The van der Waals surface area contributed by atoms with Crippen LogP contribution in [0.25, 0.3) is 0 Å². The van der Waals surface area contributed by atoms with Crippen LogP contribution >= 0.6 is 11.3 Å². The predicted molar refractivity (Wildman–Crippen MR) is 81.2 cm³/mol. The highest BCUT2D eigenvalue weighted by Gasteiger charge is 2.29. The fourth-order valence-corrected chi connectivity index (χ4v) is 4.04. The quantitative estimate of drug-likeness (QED) is 0.806. The molecule has 1 aliphatic rings. The van der Waals surface area contributed by atoms with Crippen molar-refractivity contribution in [3.05, 3.63) is 22.4 Å². The van der Waals surface area contributed by atoms with E-state index in [0.29, 0.717) is 0 Å². The summed E-state index contributed by atoms with van der Waals surface area (Å²) < 4.78 is 0. The molecule has 0 amide bonds. The van der Waals surface area contributed by atoms with Crippen LogP contribution in [0.3, 0.4) is 0 Å². The highest BCUT2D eigenvalue weighted by molar-refractivity contribution is 7.07. The Hall–Kier alpha value is -0.340. The molecule has 18 heavy (non-hydrogen) atoms. The lowest BCUT2D eigenvalue weighted by molar-refractivity contribution is 0.172. The van der Waals surface area contributed by atoms with Gasteiger partial charge in [-0.15, -0.1) is 0 Å². The summed E-state index contributed by atoms with van der Waals surface area (Å²) in [5, 5.41) is 8.11. The molecule has 1 aromatic rings. The van der Waals surface area contributed by atoms with Crippen LogP contribution in [-0.4, -0.2) is 13.1 Å². The third kappa shape index (κ3) is 3.83. The topological polar surface area (TPSA) is 12.0 Å². The van der Waals surface area contributed by atoms with E-state index in [4.69, 9.17) is 0 Å². The Labute approximate surface area is 116 Å². The first kappa shape index (κ1) is 14.1. The Balaban J connectivity index is 1.94. The van der Waals surface area contributed by atoms with Crippen molar-refractivity contribution in [1.29, 1.82) is 0 Å². The van der Waals surface area contributed by atoms with Crippen molar-refractivity contribution in [2.45, 2.75) is 46.0 Å². The molecule has 3 unspecified atom stereocenters. The molecule has 2 rings (SSSR count). The SMILES string of the molecule is CCNCC1CCC(CC)CC1Cc1ccsc1. The molecule has 0 spiro atoms. The second-order valence-corrected chi connectivity index (χ2v) is 6.53. The summed E-state index contributed by atoms with van der Waals surface area (Å²) in [5.41, 5.74) is 1.56. The van der Waals surface area contributed by atoms with Crippen LogP contribution < -0.4 is 5.32 Å². The molecule has 2 heteroatoms. The van der Waals surface area contributed by atoms with Crippen LogP contribution in [0.4, 0.5) is 0 Å². The van der Waals surface area contributed by atoms with Crippen LogP contribution in [0.5, 0.6) is 0 Å². The van der Waals surface area contributed by atoms with Gasteiger partial charge in [-0.2, -0.15) is 11.3 Å². The number of rotatable bonds is 6. The van der Waals surface area contributed by atoms with Gasteiger partial charge in [0, 0.05) is 0 Å². The fourth-order valence-electron chi connectivity index (χ4n) is 3.35. The molecule has 1 nitrogen and oxygen atoms in total. The van der Waals surface area contributed by atoms with Gasteiger partial charge in [-0.05, 0) is 72.5 Å². The van der Waals surface area contributed by atoms with Gasteiger partial charge in [0.1, 0.15) is 0 Å². The number of hydrogen-bond donors (Lipinski definition) is 1. The van der Waals surface area contributed by atoms with Crippen molar-refractivity contribution < 1.29 is 0 Å². The highest BCUT2D eigenvalue weighted by Crippen LogP contribution is 2.37. The average Bonchev–Trinajstić information content (AvgIpc) is 2.90. The number of thiophene rings is 1. The molecule has 0 aliphatic heterocycles. The molecule has 1 fully saturated rings. The first-order valence-electron chi connectivity index (χ1n) is 7.55. The summed E-state index contributed by atoms with van der Waals surface area (Å²) in [4.78, 5) is 0. The van der Waals surface area contributed by atoms with Gasteiger partial charge < -0.3 is 5.32 Å². The van der Waals surface area contributed by atoms with E-state index in [1.165, 1.54) is 38.6 Å². The van der Waals surface area contributed by atoms with Crippen LogP contribution in [-0.2, 0) is 6.42 Å². The van der Waals surface area contributed by atoms with Crippen molar-refractivity contribution in [3.63, 3.8) is 0 Å². The van der Waals surface area contributed by atoms with E-state index in [-0.39, 0.29) is 0 Å². The first-order chi connectivity index (χ1) is 8.83. The maximum Gasteiger partial charge on any atom is -0.00179 e. The Kier molecular flexibility index (Phi) is 5.71. The zero-order valence-electron chi connectivity index (χ0n) is 11.8. The second kappa shape index (κ2) is 7.30. The molecule has 1 aliphatic carbocycles. The Morgan fingerprint density at radius 3 is 2.83 bits per heavy atom. The van der Waals surface area contributed by atoms with E-state index >= 15 is 0 Å². The minimum Gasteiger partial charge on any atom is -0.317 e. The summed E-state index contributed by atoms with van der Waals surface area (Å²) in [6, 6.07) is 2.31. The van der Waals surface area contributed by atoms with Crippen LogP contribution in [0.1, 0.15) is 45.1 Å². The van der Waals surface area contributed by atoms with Crippen LogP contribution in [0.2, 0.25) is 0 Å². The maximum absolute atomic E-state index is 3.56. The van der Waals surface area contributed by atoms with E-state index in [0.717, 1.165) is 24.3 Å². The van der Waals surface area contributed by atoms with Gasteiger partial charge in [0.05, 0.1) is 0 Å². The van der Waals surface area contributed by atoms with E-state index in [9.17, 15) is 0 Å². The zero-order valence-corrected chi connectivity index (χ0v) is 12.6. The summed E-state index contributed by atoms with van der Waals surface area (Å²) in [6.07, 6.45) is 7.00. The van der Waals surface area contributed by atoms with Crippen molar-refractivity contribution in [2.75, 3.05) is 13.1 Å². The Morgan fingerprint density at radius 1 is 1.28 bits per heavy atom. The molecular weight excluding hydrogens is 238 g/mol. The summed E-state index contributed by atoms with van der Waals surface area (Å²) in [5.74, 6) is 2.77. The minimum atomic E-state index is 0.896. The maximum atomic E-state index is 3.56. The predicted octanol–water partition coefficient (Wildman–Crippen LogP) is 4.34. The molecule has 0 radical (unpaired) electrons. The van der Waals surface area contributed by atoms with Gasteiger partial charge in [-0.1, -0.05) is 26.7 Å². The van der Waals surface area contributed by atoms with Gasteiger partial charge in [0.25, 0.3) is 0 Å². The van der Waals surface area contributed by atoms with Crippen molar-refractivity contribution in [1.82, 2.24) is 5.32 Å². The molecule has 0 saturated heterocycles. The van der Waals surface area contributed by atoms with Gasteiger partial charge in [0.15, 0.2) is 0 Å². The monoisotopic (exact) mass is 265 g/mol. The first-order valence-corrected chi connectivity index (χ1v) is 8.49. The molecule has 0 aromatic carbocycles. The lowest BCUT2D eigenvalue weighted by Crippen LogP contribution is -2.34. The normalized spacial score (nSPS) is 28.4. The van der Waals surface area contributed by atoms with Crippen molar-refractivity contribution >= 4 is 11.3 Å². The zero-order chi connectivity index (χ0) is 12.8. The lowest BCUT2D eigenvalue weighted by Gasteiger charge is -2.36. The van der Waals surface area contributed by atoms with Gasteiger partial charge in [-0.3, -0.25) is 0 Å². The molecule has 3 atom stereocenters. The molecule has 102 valence electrons. The van der Waals surface area contributed by atoms with E-state index < -0.39 is 0 Å². The molecule has 0 bridgehead atoms. The smallest absolute Gasteiger partial charge is 0.00179 e. The van der Waals surface area contributed by atoms with Crippen molar-refractivity contribution in [2.24, 2.45) is 17.8 Å². The summed E-state index contributed by atoms with van der Waals surface area (Å²) in [6.45, 7) is 6.91. The third-order valence-corrected chi connectivity index (χ3v) is 5.29. The fraction of sp³-hybridized carbons (Fsp3) is 0.750. The third-order valence-electron chi connectivity index (χ3n) is 4.56. The van der Waals surface area contributed by atoms with Crippen LogP contribution in [0, 0.1) is 17.8 Å². The van der Waals surface area contributed by atoms with E-state index in [2.05, 4.69) is 36.0 Å². The lowest BCUT2D eigenvalue weighted by atomic mass is 9.71. The minimum absolute atomic E-state index is 0.896. The Morgan fingerprint density at radius 2 is 2.17 bits per heavy atom. The molecule has 1 saturated carbocycles. The molecule has 1 heterocycles. The largest absolute Gasteiger partial charge is 0.317 e. The van der Waals surface area contributed by atoms with E-state index in [1.54, 1.807) is 5.56 Å². The highest BCUT2D eigenvalue weighted by atomic mass is 32.1. The Bertz CT molecular complexity index is 320. The van der Waals surface area contributed by atoms with Crippen LogP contribution in [0.15, 0.2) is 16.8 Å². The second-order valence-electron chi connectivity index (χ2n) is 5.75. The summed E-state index contributed by atoms with van der Waals surface area (Å²) >= 11 is 1.84. The summed E-state index contributed by atoms with van der Waals surface area (Å²) in [7, 11) is 0. The van der Waals surface area contributed by atoms with Crippen molar-refractivity contribution in [3.8, 4) is 0 Å². The average molecular weight is 265 g/mol. The van der Waals surface area contributed by atoms with E-state index in [1.807, 2.05) is 11.3 Å². The molecule has 1 N–H and O–H groups in total. The number of hydrogen-bond acceptors (Lipinski definition) is 2. The van der Waals surface area contributed by atoms with Gasteiger partial charge in [0.2, 0.25) is 0 Å². The number of nitrogens with one attached hydrogen (secondary N) is 1. The van der Waals surface area contributed by atoms with Gasteiger partial charge >= 0.3 is 0 Å².